The van der Waals surface area contributed by atoms with Crippen LogP contribution in [0.4, 0.5) is 11.5 Å². The number of anilines is 2. The van der Waals surface area contributed by atoms with Crippen molar-refractivity contribution in [2.45, 2.75) is 36.8 Å². The zero-order valence-electron chi connectivity index (χ0n) is 15.7. The molecule has 0 unspecified atom stereocenters. The molecule has 3 rings (SSSR count). The molecule has 2 heterocycles. The largest absolute Gasteiger partial charge is 0.467 e. The lowest BCUT2D eigenvalue weighted by atomic mass is 10.0. The number of hydrogen-bond acceptors (Lipinski definition) is 7. The summed E-state index contributed by atoms with van der Waals surface area (Å²) in [5.74, 6) is -0.249. The molecule has 2 aromatic rings. The van der Waals surface area contributed by atoms with Crippen LogP contribution in [0, 0.1) is 0 Å². The molecule has 0 aliphatic carbocycles. The highest BCUT2D eigenvalue weighted by Gasteiger charge is 2.32. The molecular formula is C18H22N4O4S. The summed E-state index contributed by atoms with van der Waals surface area (Å²) >= 11 is 0. The minimum Gasteiger partial charge on any atom is -0.467 e. The van der Waals surface area contributed by atoms with E-state index in [1.807, 2.05) is 0 Å². The van der Waals surface area contributed by atoms with Gasteiger partial charge in [0.2, 0.25) is 0 Å². The maximum absolute atomic E-state index is 12.9. The number of aromatic nitrogens is 2. The molecule has 0 fully saturated rings. The van der Waals surface area contributed by atoms with Gasteiger partial charge in [0.1, 0.15) is 11.4 Å². The number of ether oxygens (including phenoxy) is 1. The Morgan fingerprint density at radius 2 is 1.78 bits per heavy atom. The second-order valence-electron chi connectivity index (χ2n) is 7.23. The van der Waals surface area contributed by atoms with Crippen molar-refractivity contribution in [1.29, 1.82) is 0 Å². The first-order valence-corrected chi connectivity index (χ1v) is 9.91. The Morgan fingerprint density at radius 3 is 2.33 bits per heavy atom. The number of rotatable bonds is 3. The van der Waals surface area contributed by atoms with E-state index in [-0.39, 0.29) is 28.2 Å². The summed E-state index contributed by atoms with van der Waals surface area (Å²) < 4.78 is 29.2. The first-order chi connectivity index (χ1) is 12.6. The van der Waals surface area contributed by atoms with E-state index < -0.39 is 14.6 Å². The van der Waals surface area contributed by atoms with Crippen LogP contribution in [0.5, 0.6) is 6.01 Å². The molecule has 1 amide bonds. The molecule has 8 nitrogen and oxygen atoms in total. The zero-order chi connectivity index (χ0) is 20.0. The van der Waals surface area contributed by atoms with Gasteiger partial charge >= 0.3 is 6.01 Å². The topological polar surface area (TPSA) is 115 Å². The number of carbonyl (C=O) groups excluding carboxylic acids is 1. The maximum Gasteiger partial charge on any atom is 0.318 e. The number of carbonyl (C=O) groups is 1. The van der Waals surface area contributed by atoms with Gasteiger partial charge in [0, 0.05) is 18.7 Å². The van der Waals surface area contributed by atoms with Crippen molar-refractivity contribution in [3.8, 4) is 6.01 Å². The average Bonchev–Trinajstić information content (AvgIpc) is 2.60. The fraction of sp³-hybridized carbons (Fsp3) is 0.389. The number of hydrogen-bond donors (Lipinski definition) is 1. The molecule has 0 saturated heterocycles. The van der Waals surface area contributed by atoms with Gasteiger partial charge in [-0.05, 0) is 45.0 Å². The molecule has 0 spiro atoms. The number of nitrogen functional groups attached to an aromatic ring is 1. The van der Waals surface area contributed by atoms with Crippen LogP contribution in [0.3, 0.4) is 0 Å². The lowest BCUT2D eigenvalue weighted by molar-refractivity contribution is 0.0980. The Labute approximate surface area is 158 Å². The van der Waals surface area contributed by atoms with Gasteiger partial charge in [-0.15, -0.1) is 0 Å². The number of nitrogens with zero attached hydrogens (tertiary/aromatic N) is 3. The van der Waals surface area contributed by atoms with E-state index in [0.717, 1.165) is 0 Å². The predicted molar refractivity (Wildman–Crippen MR) is 102 cm³/mol. The van der Waals surface area contributed by atoms with Gasteiger partial charge in [-0.1, -0.05) is 0 Å². The maximum atomic E-state index is 12.9. The van der Waals surface area contributed by atoms with Crippen LogP contribution in [0.25, 0.3) is 0 Å². The number of fused-ring (bicyclic) bond motifs is 1. The van der Waals surface area contributed by atoms with Crippen LogP contribution in [0.1, 0.15) is 36.8 Å². The van der Waals surface area contributed by atoms with E-state index in [2.05, 4.69) is 9.97 Å². The number of nitrogens with two attached hydrogens (primary N) is 1. The van der Waals surface area contributed by atoms with Crippen molar-refractivity contribution < 1.29 is 17.9 Å². The molecule has 144 valence electrons. The van der Waals surface area contributed by atoms with Gasteiger partial charge in [-0.2, -0.15) is 9.97 Å². The van der Waals surface area contributed by atoms with Crippen molar-refractivity contribution in [2.24, 2.45) is 0 Å². The fourth-order valence-corrected chi connectivity index (χ4v) is 4.07. The van der Waals surface area contributed by atoms with Crippen LogP contribution < -0.4 is 15.4 Å². The van der Waals surface area contributed by atoms with Crippen molar-refractivity contribution >= 4 is 27.2 Å². The Morgan fingerprint density at radius 1 is 1.15 bits per heavy atom. The van der Waals surface area contributed by atoms with Crippen LogP contribution in [0.15, 0.2) is 29.2 Å². The van der Waals surface area contributed by atoms with Gasteiger partial charge in [-0.25, -0.2) is 8.42 Å². The Bertz CT molecular complexity index is 995. The van der Waals surface area contributed by atoms with Crippen LogP contribution >= 0.6 is 0 Å². The third kappa shape index (κ3) is 3.23. The predicted octanol–water partition coefficient (Wildman–Crippen LogP) is 1.84. The van der Waals surface area contributed by atoms with Crippen LogP contribution in [-0.2, 0) is 16.3 Å². The minimum absolute atomic E-state index is 0.0680. The molecule has 1 aromatic heterocycles. The van der Waals surface area contributed by atoms with Crippen molar-refractivity contribution in [2.75, 3.05) is 24.3 Å². The molecule has 0 atom stereocenters. The van der Waals surface area contributed by atoms with E-state index in [1.54, 1.807) is 37.8 Å². The molecule has 2 N–H and O–H groups in total. The normalized spacial score (nSPS) is 14.8. The third-order valence-corrected chi connectivity index (χ3v) is 6.98. The van der Waals surface area contributed by atoms with Gasteiger partial charge in [0.25, 0.3) is 5.91 Å². The van der Waals surface area contributed by atoms with E-state index >= 15 is 0 Å². The van der Waals surface area contributed by atoms with Crippen molar-refractivity contribution in [1.82, 2.24) is 9.97 Å². The van der Waals surface area contributed by atoms with Gasteiger partial charge < -0.3 is 15.4 Å². The number of amides is 1. The van der Waals surface area contributed by atoms with Gasteiger partial charge in [0.15, 0.2) is 9.84 Å². The summed E-state index contributed by atoms with van der Waals surface area (Å²) in [5.41, 5.74) is 7.32. The fourth-order valence-electron chi connectivity index (χ4n) is 2.87. The Kier molecular flexibility index (Phi) is 4.59. The molecule has 9 heteroatoms. The highest BCUT2D eigenvalue weighted by Crippen LogP contribution is 2.30. The summed E-state index contributed by atoms with van der Waals surface area (Å²) in [6, 6.07) is 6.42. The molecular weight excluding hydrogens is 368 g/mol. The summed E-state index contributed by atoms with van der Waals surface area (Å²) in [5, 5.41) is 0. The monoisotopic (exact) mass is 390 g/mol. The molecule has 1 aliphatic rings. The van der Waals surface area contributed by atoms with Crippen molar-refractivity contribution in [3.63, 3.8) is 0 Å². The van der Waals surface area contributed by atoms with Gasteiger partial charge in [-0.3, -0.25) is 4.79 Å². The summed E-state index contributed by atoms with van der Waals surface area (Å²) in [6.07, 6.45) is 0.492. The second-order valence-corrected chi connectivity index (χ2v) is 9.94. The number of methoxy groups -OCH3 is 1. The second kappa shape index (κ2) is 6.49. The first kappa shape index (κ1) is 19.1. The zero-order valence-corrected chi connectivity index (χ0v) is 16.5. The van der Waals surface area contributed by atoms with Crippen molar-refractivity contribution in [3.05, 3.63) is 35.5 Å². The molecule has 0 radical (unpaired) electrons. The molecule has 27 heavy (non-hydrogen) atoms. The minimum atomic E-state index is -3.46. The Balaban J connectivity index is 1.94. The highest BCUT2D eigenvalue weighted by molar-refractivity contribution is 7.92. The molecule has 0 bridgehead atoms. The quantitative estimate of drug-likeness (QED) is 0.850. The SMILES string of the molecule is COc1nc(N)c2c(n1)CCN(c1ccc(S(=O)(=O)C(C)(C)C)cc1)C2=O. The first-order valence-electron chi connectivity index (χ1n) is 8.43. The molecule has 0 saturated carbocycles. The summed E-state index contributed by atoms with van der Waals surface area (Å²) in [7, 11) is -2.02. The van der Waals surface area contributed by atoms with E-state index in [9.17, 15) is 13.2 Å². The van der Waals surface area contributed by atoms with Gasteiger partial charge in [0.05, 0.1) is 22.4 Å². The van der Waals surface area contributed by atoms with Crippen LogP contribution in [-0.4, -0.2) is 42.7 Å². The number of sulfone groups is 1. The van der Waals surface area contributed by atoms with E-state index in [1.165, 1.54) is 19.2 Å². The molecule has 1 aromatic carbocycles. The third-order valence-electron chi connectivity index (χ3n) is 4.47. The Hall–Kier alpha value is -2.68. The molecule has 1 aliphatic heterocycles. The van der Waals surface area contributed by atoms with E-state index in [0.29, 0.717) is 24.3 Å². The number of benzene rings is 1. The summed E-state index contributed by atoms with van der Waals surface area (Å²) in [6.45, 7) is 5.35. The summed E-state index contributed by atoms with van der Waals surface area (Å²) in [4.78, 5) is 22.8. The lowest BCUT2D eigenvalue weighted by Gasteiger charge is -2.29. The van der Waals surface area contributed by atoms with E-state index in [4.69, 9.17) is 10.5 Å². The highest BCUT2D eigenvalue weighted by atomic mass is 32.2. The standard InChI is InChI=1S/C18H22N4O4S/c1-18(2,3)27(24,25)12-7-5-11(6-8-12)22-10-9-13-14(16(22)23)15(19)21-17(20-13)26-4/h5-8H,9-10H2,1-4H3,(H2,19,20,21). The average molecular weight is 390 g/mol. The van der Waals surface area contributed by atoms with Crippen LogP contribution in [0.2, 0.25) is 0 Å². The lowest BCUT2D eigenvalue weighted by Crippen LogP contribution is -2.39. The smallest absolute Gasteiger partial charge is 0.318 e.